The molecule has 0 saturated heterocycles. The molecule has 2 aromatic carbocycles. The summed E-state index contributed by atoms with van der Waals surface area (Å²) in [4.78, 5) is 36.8. The van der Waals surface area contributed by atoms with Crippen LogP contribution in [0.1, 0.15) is 5.82 Å². The van der Waals surface area contributed by atoms with E-state index in [1.807, 2.05) is 0 Å². The number of carbonyl (C=O) groups is 2. The summed E-state index contributed by atoms with van der Waals surface area (Å²) in [7, 11) is 5.09. The van der Waals surface area contributed by atoms with E-state index in [1.54, 1.807) is 48.5 Å². The fourth-order valence-corrected chi connectivity index (χ4v) is 4.15. The second kappa shape index (κ2) is 9.51. The summed E-state index contributed by atoms with van der Waals surface area (Å²) in [5.41, 5.74) is 2.41. The third kappa shape index (κ3) is 4.86. The van der Waals surface area contributed by atoms with Gasteiger partial charge in [0.2, 0.25) is 11.8 Å². The van der Waals surface area contributed by atoms with Crippen molar-refractivity contribution in [3.8, 4) is 0 Å². The van der Waals surface area contributed by atoms with Crippen LogP contribution in [-0.4, -0.2) is 41.5 Å². The number of imidazole rings is 1. The largest absolute Gasteiger partial charge is 0.328 e. The SMILES string of the molecule is Cn1c(CC(=O)Nc2ccc(F)cc2)nnc1SCC(=O)Nc1ccc2c(c1)n(C)c(=O)n2C. The minimum Gasteiger partial charge on any atom is -0.326 e. The summed E-state index contributed by atoms with van der Waals surface area (Å²) in [6.45, 7) is 0. The topological polar surface area (TPSA) is 116 Å². The lowest BCUT2D eigenvalue weighted by Gasteiger charge is -2.07. The molecule has 10 nitrogen and oxygen atoms in total. The standard InChI is InChI=1S/C22H22FN7O3S/c1-28-16-9-8-15(10-17(16)29(2)22(28)33)25-20(32)12-34-21-27-26-18(30(21)3)11-19(31)24-14-6-4-13(23)5-7-14/h4-10H,11-12H2,1-3H3,(H,24,31)(H,25,32). The van der Waals surface area contributed by atoms with Gasteiger partial charge in [-0.2, -0.15) is 0 Å². The van der Waals surface area contributed by atoms with Crippen molar-refractivity contribution >= 4 is 46.0 Å². The number of halogens is 1. The molecule has 0 spiro atoms. The van der Waals surface area contributed by atoms with Gasteiger partial charge >= 0.3 is 5.69 Å². The first-order valence-corrected chi connectivity index (χ1v) is 11.2. The van der Waals surface area contributed by atoms with Gasteiger partial charge < -0.3 is 15.2 Å². The Balaban J connectivity index is 1.34. The zero-order valence-electron chi connectivity index (χ0n) is 18.7. The average molecular weight is 484 g/mol. The molecule has 34 heavy (non-hydrogen) atoms. The lowest BCUT2D eigenvalue weighted by molar-refractivity contribution is -0.116. The van der Waals surface area contributed by atoms with Crippen molar-refractivity contribution in [3.05, 3.63) is 64.6 Å². The van der Waals surface area contributed by atoms with Crippen LogP contribution < -0.4 is 16.3 Å². The van der Waals surface area contributed by atoms with Crippen LogP contribution in [0.3, 0.4) is 0 Å². The van der Waals surface area contributed by atoms with Crippen molar-refractivity contribution in [1.82, 2.24) is 23.9 Å². The molecule has 0 atom stereocenters. The molecule has 2 heterocycles. The Kier molecular flexibility index (Phi) is 6.50. The summed E-state index contributed by atoms with van der Waals surface area (Å²) < 4.78 is 17.7. The number of nitrogens with one attached hydrogen (secondary N) is 2. The molecule has 0 saturated carbocycles. The number of fused-ring (bicyclic) bond motifs is 1. The van der Waals surface area contributed by atoms with Crippen molar-refractivity contribution in [2.45, 2.75) is 11.6 Å². The first kappa shape index (κ1) is 23.2. The van der Waals surface area contributed by atoms with Crippen molar-refractivity contribution in [2.24, 2.45) is 21.1 Å². The zero-order chi connectivity index (χ0) is 24.4. The van der Waals surface area contributed by atoms with Crippen LogP contribution in [0.15, 0.2) is 52.4 Å². The molecule has 2 aromatic heterocycles. The molecule has 2 amide bonds. The zero-order valence-corrected chi connectivity index (χ0v) is 19.5. The normalized spacial score (nSPS) is 11.1. The Morgan fingerprint density at radius 3 is 2.26 bits per heavy atom. The van der Waals surface area contributed by atoms with E-state index >= 15 is 0 Å². The summed E-state index contributed by atoms with van der Waals surface area (Å²) in [5, 5.41) is 14.1. The van der Waals surface area contributed by atoms with E-state index < -0.39 is 0 Å². The molecule has 0 bridgehead atoms. The Bertz CT molecular complexity index is 1440. The van der Waals surface area contributed by atoms with E-state index in [0.717, 1.165) is 11.0 Å². The number of rotatable bonds is 7. The quantitative estimate of drug-likeness (QED) is 0.389. The van der Waals surface area contributed by atoms with Gasteiger partial charge in [-0.3, -0.25) is 18.7 Å². The first-order valence-electron chi connectivity index (χ1n) is 10.2. The summed E-state index contributed by atoms with van der Waals surface area (Å²) in [6.07, 6.45) is -0.0244. The summed E-state index contributed by atoms with van der Waals surface area (Å²) in [6, 6.07) is 10.7. The number of thioether (sulfide) groups is 1. The van der Waals surface area contributed by atoms with Crippen LogP contribution in [-0.2, 0) is 37.2 Å². The molecule has 0 radical (unpaired) electrons. The third-order valence-electron chi connectivity index (χ3n) is 5.26. The van der Waals surface area contributed by atoms with Gasteiger partial charge in [0.15, 0.2) is 5.16 Å². The number of aryl methyl sites for hydroxylation is 2. The number of carbonyl (C=O) groups excluding carboxylic acids is 2. The molecule has 176 valence electrons. The molecular formula is C22H22FN7O3S. The number of nitrogens with zero attached hydrogens (tertiary/aromatic N) is 5. The number of hydrogen-bond acceptors (Lipinski definition) is 6. The van der Waals surface area contributed by atoms with E-state index in [-0.39, 0.29) is 35.5 Å². The van der Waals surface area contributed by atoms with E-state index in [4.69, 9.17) is 0 Å². The van der Waals surface area contributed by atoms with Crippen molar-refractivity contribution in [2.75, 3.05) is 16.4 Å². The van der Waals surface area contributed by atoms with Crippen molar-refractivity contribution in [1.29, 1.82) is 0 Å². The highest BCUT2D eigenvalue weighted by Crippen LogP contribution is 2.20. The lowest BCUT2D eigenvalue weighted by Crippen LogP contribution is -2.19. The van der Waals surface area contributed by atoms with Crippen LogP contribution in [0.5, 0.6) is 0 Å². The van der Waals surface area contributed by atoms with Gasteiger partial charge in [0, 0.05) is 32.5 Å². The van der Waals surface area contributed by atoms with Gasteiger partial charge in [-0.05, 0) is 42.5 Å². The van der Waals surface area contributed by atoms with Gasteiger partial charge in [-0.1, -0.05) is 11.8 Å². The molecule has 0 aliphatic rings. The number of aromatic nitrogens is 5. The maximum absolute atomic E-state index is 13.0. The van der Waals surface area contributed by atoms with Crippen LogP contribution in [0, 0.1) is 5.82 Å². The highest BCUT2D eigenvalue weighted by Gasteiger charge is 2.15. The van der Waals surface area contributed by atoms with Gasteiger partial charge in [0.1, 0.15) is 11.6 Å². The third-order valence-corrected chi connectivity index (χ3v) is 6.28. The van der Waals surface area contributed by atoms with Crippen molar-refractivity contribution in [3.63, 3.8) is 0 Å². The number of hydrogen-bond donors (Lipinski definition) is 2. The molecule has 0 aliphatic heterocycles. The predicted molar refractivity (Wildman–Crippen MR) is 127 cm³/mol. The lowest BCUT2D eigenvalue weighted by atomic mass is 10.2. The van der Waals surface area contributed by atoms with E-state index in [2.05, 4.69) is 20.8 Å². The summed E-state index contributed by atoms with van der Waals surface area (Å²) in [5.74, 6) is -0.438. The van der Waals surface area contributed by atoms with Crippen molar-refractivity contribution < 1.29 is 14.0 Å². The minimum atomic E-state index is -0.386. The maximum Gasteiger partial charge on any atom is 0.328 e. The van der Waals surface area contributed by atoms with E-state index in [0.29, 0.717) is 22.4 Å². The van der Waals surface area contributed by atoms with Gasteiger partial charge in [0.05, 0.1) is 23.2 Å². The van der Waals surface area contributed by atoms with Crippen LogP contribution in [0.25, 0.3) is 11.0 Å². The highest BCUT2D eigenvalue weighted by molar-refractivity contribution is 7.99. The minimum absolute atomic E-state index is 0.0244. The maximum atomic E-state index is 13.0. The van der Waals surface area contributed by atoms with Crippen LogP contribution >= 0.6 is 11.8 Å². The number of anilines is 2. The fourth-order valence-electron chi connectivity index (χ4n) is 3.42. The monoisotopic (exact) mass is 483 g/mol. The Hall–Kier alpha value is -3.93. The second-order valence-electron chi connectivity index (χ2n) is 7.63. The second-order valence-corrected chi connectivity index (χ2v) is 8.57. The number of amides is 2. The molecule has 2 N–H and O–H groups in total. The molecule has 0 aliphatic carbocycles. The predicted octanol–water partition coefficient (Wildman–Crippen LogP) is 2.06. The van der Waals surface area contributed by atoms with Crippen LogP contribution in [0.2, 0.25) is 0 Å². The van der Waals surface area contributed by atoms with Gasteiger partial charge in [0.25, 0.3) is 0 Å². The van der Waals surface area contributed by atoms with Crippen LogP contribution in [0.4, 0.5) is 15.8 Å². The Labute approximate surface area is 197 Å². The van der Waals surface area contributed by atoms with E-state index in [9.17, 15) is 18.8 Å². The number of benzene rings is 2. The molecule has 12 heteroatoms. The smallest absolute Gasteiger partial charge is 0.326 e. The molecule has 4 rings (SSSR count). The Morgan fingerprint density at radius 1 is 0.882 bits per heavy atom. The Morgan fingerprint density at radius 2 is 1.53 bits per heavy atom. The molecule has 4 aromatic rings. The molecule has 0 unspecified atom stereocenters. The first-order chi connectivity index (χ1) is 16.2. The average Bonchev–Trinajstić information content (AvgIpc) is 3.26. The fraction of sp³-hybridized carbons (Fsp3) is 0.227. The molecule has 0 fully saturated rings. The van der Waals surface area contributed by atoms with Gasteiger partial charge in [-0.15, -0.1) is 10.2 Å². The highest BCUT2D eigenvalue weighted by atomic mass is 32.2. The van der Waals surface area contributed by atoms with Gasteiger partial charge in [-0.25, -0.2) is 9.18 Å². The van der Waals surface area contributed by atoms with E-state index in [1.165, 1.54) is 40.6 Å². The summed E-state index contributed by atoms with van der Waals surface area (Å²) >= 11 is 1.19. The molecular weight excluding hydrogens is 461 g/mol.